The minimum absolute atomic E-state index is 0.00685. The molecule has 0 spiro atoms. The molecule has 1 amide bonds. The van der Waals surface area contributed by atoms with Gasteiger partial charge in [-0.3, -0.25) is 4.79 Å². The molecule has 4 aromatic rings. The Bertz CT molecular complexity index is 1480. The third-order valence-corrected chi connectivity index (χ3v) is 6.44. The Kier molecular flexibility index (Phi) is 5.68. The molecule has 0 radical (unpaired) electrons. The standard InChI is InChI=1S/C26H24FN5O3/c1-14-9-15(3-7-19(14)27)11-28-25(33)23-24-22(29-13-30-23)21(12-32(24)2)31-20-8-5-16-10-17(26(34)35)4-6-18(16)20/h3-4,6-7,9-10,12-13,20,31H,5,8,11H2,1-2H3,(H,28,33)(H,34,35). The number of carbonyl (C=O) groups excluding carboxylic acids is 1. The zero-order valence-electron chi connectivity index (χ0n) is 19.3. The fourth-order valence-electron chi connectivity index (χ4n) is 4.67. The van der Waals surface area contributed by atoms with E-state index in [0.717, 1.165) is 35.2 Å². The molecule has 0 saturated carbocycles. The van der Waals surface area contributed by atoms with Crippen LogP contribution in [0.1, 0.15) is 55.6 Å². The van der Waals surface area contributed by atoms with E-state index in [1.807, 2.05) is 23.9 Å². The van der Waals surface area contributed by atoms with Crippen LogP contribution in [-0.2, 0) is 20.0 Å². The highest BCUT2D eigenvalue weighted by molar-refractivity contribution is 6.06. The van der Waals surface area contributed by atoms with Gasteiger partial charge in [-0.2, -0.15) is 0 Å². The average molecular weight is 474 g/mol. The number of anilines is 1. The third-order valence-electron chi connectivity index (χ3n) is 6.44. The maximum Gasteiger partial charge on any atom is 0.335 e. The number of aromatic nitrogens is 3. The number of aryl methyl sites for hydroxylation is 3. The maximum absolute atomic E-state index is 13.5. The van der Waals surface area contributed by atoms with Crippen LogP contribution in [-0.4, -0.2) is 31.5 Å². The first-order chi connectivity index (χ1) is 16.8. The van der Waals surface area contributed by atoms with E-state index in [2.05, 4.69) is 20.6 Å². The summed E-state index contributed by atoms with van der Waals surface area (Å²) in [5, 5.41) is 15.6. The van der Waals surface area contributed by atoms with Crippen molar-refractivity contribution in [2.75, 3.05) is 5.32 Å². The molecule has 2 aromatic heterocycles. The van der Waals surface area contributed by atoms with E-state index in [9.17, 15) is 19.1 Å². The van der Waals surface area contributed by atoms with Crippen LogP contribution in [0.15, 0.2) is 48.9 Å². The number of rotatable bonds is 6. The molecular formula is C26H24FN5O3. The number of hydrogen-bond donors (Lipinski definition) is 3. The van der Waals surface area contributed by atoms with Crippen LogP contribution in [0, 0.1) is 12.7 Å². The van der Waals surface area contributed by atoms with Crippen molar-refractivity contribution in [3.05, 3.63) is 88.3 Å². The Balaban J connectivity index is 1.38. The van der Waals surface area contributed by atoms with Gasteiger partial charge in [-0.1, -0.05) is 18.2 Å². The summed E-state index contributed by atoms with van der Waals surface area (Å²) in [5.74, 6) is -1.57. The van der Waals surface area contributed by atoms with Gasteiger partial charge in [-0.25, -0.2) is 19.2 Å². The Morgan fingerprint density at radius 2 is 2.03 bits per heavy atom. The highest BCUT2D eigenvalue weighted by atomic mass is 19.1. The molecule has 9 heteroatoms. The van der Waals surface area contributed by atoms with Crippen LogP contribution in [0.3, 0.4) is 0 Å². The molecule has 8 nitrogen and oxygen atoms in total. The lowest BCUT2D eigenvalue weighted by Gasteiger charge is -2.14. The van der Waals surface area contributed by atoms with Gasteiger partial charge in [0.2, 0.25) is 0 Å². The smallest absolute Gasteiger partial charge is 0.335 e. The predicted molar refractivity (Wildman–Crippen MR) is 129 cm³/mol. The zero-order valence-corrected chi connectivity index (χ0v) is 19.3. The van der Waals surface area contributed by atoms with E-state index in [0.29, 0.717) is 16.6 Å². The number of carboxylic acids is 1. The number of aromatic carboxylic acids is 1. The number of carboxylic acid groups (broad SMARTS) is 1. The lowest BCUT2D eigenvalue weighted by atomic mass is 10.0. The molecule has 1 aliphatic rings. The summed E-state index contributed by atoms with van der Waals surface area (Å²) in [7, 11) is 1.83. The van der Waals surface area contributed by atoms with Crippen molar-refractivity contribution < 1.29 is 19.1 Å². The van der Waals surface area contributed by atoms with E-state index in [4.69, 9.17) is 0 Å². The van der Waals surface area contributed by atoms with E-state index in [1.54, 1.807) is 31.2 Å². The second-order valence-corrected chi connectivity index (χ2v) is 8.79. The molecule has 5 rings (SSSR count). The van der Waals surface area contributed by atoms with Gasteiger partial charge in [-0.15, -0.1) is 0 Å². The average Bonchev–Trinajstić information content (AvgIpc) is 3.40. The normalized spacial score (nSPS) is 14.7. The number of nitrogens with zero attached hydrogens (tertiary/aromatic N) is 3. The van der Waals surface area contributed by atoms with E-state index in [1.165, 1.54) is 12.4 Å². The van der Waals surface area contributed by atoms with Gasteiger partial charge in [0.15, 0.2) is 5.69 Å². The summed E-state index contributed by atoms with van der Waals surface area (Å²) in [5.41, 5.74) is 5.93. The SMILES string of the molecule is Cc1cc(CNC(=O)c2ncnc3c(NC4CCc5cc(C(=O)O)ccc54)cn(C)c23)ccc1F. The number of benzene rings is 2. The van der Waals surface area contributed by atoms with Crippen molar-refractivity contribution in [1.82, 2.24) is 19.9 Å². The summed E-state index contributed by atoms with van der Waals surface area (Å²) < 4.78 is 15.3. The maximum atomic E-state index is 13.5. The number of halogens is 1. The second-order valence-electron chi connectivity index (χ2n) is 8.79. The first-order valence-electron chi connectivity index (χ1n) is 11.3. The summed E-state index contributed by atoms with van der Waals surface area (Å²) in [6, 6.07) is 9.95. The van der Waals surface area contributed by atoms with Gasteiger partial charge >= 0.3 is 5.97 Å². The highest BCUT2D eigenvalue weighted by Gasteiger charge is 2.26. The molecule has 1 aliphatic carbocycles. The Labute approximate surface area is 200 Å². The van der Waals surface area contributed by atoms with Gasteiger partial charge in [-0.05, 0) is 60.2 Å². The van der Waals surface area contributed by atoms with E-state index in [-0.39, 0.29) is 35.6 Å². The van der Waals surface area contributed by atoms with Gasteiger partial charge < -0.3 is 20.3 Å². The summed E-state index contributed by atoms with van der Waals surface area (Å²) >= 11 is 0. The molecule has 2 heterocycles. The molecule has 2 aromatic carbocycles. The topological polar surface area (TPSA) is 109 Å². The monoisotopic (exact) mass is 473 g/mol. The van der Waals surface area contributed by atoms with Gasteiger partial charge in [0, 0.05) is 19.8 Å². The lowest BCUT2D eigenvalue weighted by molar-refractivity contribution is 0.0696. The Morgan fingerprint density at radius 3 is 2.80 bits per heavy atom. The fourth-order valence-corrected chi connectivity index (χ4v) is 4.67. The van der Waals surface area contributed by atoms with Crippen LogP contribution in [0.4, 0.5) is 10.1 Å². The molecule has 3 N–H and O–H groups in total. The number of amides is 1. The van der Waals surface area contributed by atoms with Gasteiger partial charge in [0.1, 0.15) is 23.2 Å². The van der Waals surface area contributed by atoms with Crippen molar-refractivity contribution in [3.8, 4) is 0 Å². The minimum Gasteiger partial charge on any atom is -0.478 e. The lowest BCUT2D eigenvalue weighted by Crippen LogP contribution is -2.24. The summed E-state index contributed by atoms with van der Waals surface area (Å²) in [6.07, 6.45) is 4.85. The number of nitrogens with one attached hydrogen (secondary N) is 2. The molecule has 0 bridgehead atoms. The van der Waals surface area contributed by atoms with Crippen LogP contribution >= 0.6 is 0 Å². The van der Waals surface area contributed by atoms with E-state index >= 15 is 0 Å². The van der Waals surface area contributed by atoms with E-state index < -0.39 is 5.97 Å². The number of fused-ring (bicyclic) bond motifs is 2. The van der Waals surface area contributed by atoms with Crippen molar-refractivity contribution in [2.45, 2.75) is 32.4 Å². The van der Waals surface area contributed by atoms with Crippen LogP contribution < -0.4 is 10.6 Å². The quantitative estimate of drug-likeness (QED) is 0.388. The minimum atomic E-state index is -0.935. The van der Waals surface area contributed by atoms with Gasteiger partial charge in [0.05, 0.1) is 17.3 Å². The molecular weight excluding hydrogens is 449 g/mol. The van der Waals surface area contributed by atoms with Crippen LogP contribution in [0.5, 0.6) is 0 Å². The number of hydrogen-bond acceptors (Lipinski definition) is 5. The van der Waals surface area contributed by atoms with Crippen LogP contribution in [0.2, 0.25) is 0 Å². The van der Waals surface area contributed by atoms with Crippen molar-refractivity contribution in [3.63, 3.8) is 0 Å². The highest BCUT2D eigenvalue weighted by Crippen LogP contribution is 2.36. The molecule has 0 fully saturated rings. The fraction of sp³-hybridized carbons (Fsp3) is 0.231. The second kappa shape index (κ2) is 8.83. The number of carbonyl (C=O) groups is 2. The van der Waals surface area contributed by atoms with Crippen molar-refractivity contribution >= 4 is 28.6 Å². The molecule has 178 valence electrons. The summed E-state index contributed by atoms with van der Waals surface area (Å²) in [6.45, 7) is 1.93. The summed E-state index contributed by atoms with van der Waals surface area (Å²) in [4.78, 5) is 32.9. The predicted octanol–water partition coefficient (Wildman–Crippen LogP) is 4.14. The third kappa shape index (κ3) is 4.21. The van der Waals surface area contributed by atoms with Crippen molar-refractivity contribution in [1.29, 1.82) is 0 Å². The molecule has 0 saturated heterocycles. The molecule has 35 heavy (non-hydrogen) atoms. The van der Waals surface area contributed by atoms with Crippen LogP contribution in [0.25, 0.3) is 11.0 Å². The molecule has 1 unspecified atom stereocenters. The zero-order chi connectivity index (χ0) is 24.7. The Hall–Kier alpha value is -4.27. The molecule has 0 aliphatic heterocycles. The Morgan fingerprint density at radius 1 is 1.20 bits per heavy atom. The molecule has 1 atom stereocenters. The largest absolute Gasteiger partial charge is 0.478 e. The van der Waals surface area contributed by atoms with Gasteiger partial charge in [0.25, 0.3) is 5.91 Å². The van der Waals surface area contributed by atoms with Crippen molar-refractivity contribution in [2.24, 2.45) is 7.05 Å². The first-order valence-corrected chi connectivity index (χ1v) is 11.3. The first kappa shape index (κ1) is 22.5.